The van der Waals surface area contributed by atoms with Crippen LogP contribution in [0.3, 0.4) is 0 Å². The van der Waals surface area contributed by atoms with Crippen LogP contribution in [0.5, 0.6) is 11.5 Å². The molecule has 0 radical (unpaired) electrons. The lowest BCUT2D eigenvalue weighted by Crippen LogP contribution is -2.03. The summed E-state index contributed by atoms with van der Waals surface area (Å²) < 4.78 is 10.1. The Hall–Kier alpha value is -2.69. The van der Waals surface area contributed by atoms with Crippen molar-refractivity contribution in [3.05, 3.63) is 47.0 Å². The maximum Gasteiger partial charge on any atom is 0.161 e. The lowest BCUT2D eigenvalue weighted by atomic mass is 10.0. The highest BCUT2D eigenvalue weighted by molar-refractivity contribution is 6.00. The minimum Gasteiger partial charge on any atom is -0.496 e. The predicted octanol–water partition coefficient (Wildman–Crippen LogP) is 4.65. The molecule has 0 atom stereocenters. The fraction of sp³-hybridized carbons (Fsp3) is 0.350. The molecule has 0 bridgehead atoms. The first kappa shape index (κ1) is 24.6. The van der Waals surface area contributed by atoms with Gasteiger partial charge in [-0.15, -0.1) is 0 Å². The van der Waals surface area contributed by atoms with Crippen molar-refractivity contribution in [3.63, 3.8) is 0 Å². The van der Waals surface area contributed by atoms with Gasteiger partial charge in [0.1, 0.15) is 11.5 Å². The van der Waals surface area contributed by atoms with Crippen LogP contribution in [0.4, 0.5) is 11.4 Å². The molecular formula is C20H32N2O3. The van der Waals surface area contributed by atoms with Gasteiger partial charge in [0.15, 0.2) is 5.78 Å². The van der Waals surface area contributed by atoms with Crippen molar-refractivity contribution in [3.8, 4) is 11.5 Å². The molecule has 0 fully saturated rings. The zero-order chi connectivity index (χ0) is 17.6. The molecule has 0 unspecified atom stereocenters. The second-order valence-corrected chi connectivity index (χ2v) is 5.08. The molecule has 2 aromatic carbocycles. The SMILES string of the molecule is C.C.COc1ccc(C(C)=O)c(N)c1C.COc1cccc(N)c1C. The third-order valence-electron chi connectivity index (χ3n) is 3.61. The van der Waals surface area contributed by atoms with Crippen molar-refractivity contribution < 1.29 is 14.3 Å². The zero-order valence-electron chi connectivity index (χ0n) is 14.3. The van der Waals surface area contributed by atoms with Gasteiger partial charge in [0.2, 0.25) is 0 Å². The van der Waals surface area contributed by atoms with Crippen molar-refractivity contribution in [2.75, 3.05) is 25.7 Å². The Bertz CT molecular complexity index is 698. The van der Waals surface area contributed by atoms with Crippen molar-refractivity contribution in [2.24, 2.45) is 0 Å². The smallest absolute Gasteiger partial charge is 0.161 e. The molecule has 0 saturated carbocycles. The van der Waals surface area contributed by atoms with Gasteiger partial charge in [-0.3, -0.25) is 4.79 Å². The Kier molecular flexibility index (Phi) is 10.8. The molecule has 2 rings (SSSR count). The number of rotatable bonds is 3. The fourth-order valence-corrected chi connectivity index (χ4v) is 2.09. The van der Waals surface area contributed by atoms with Gasteiger partial charge in [0.05, 0.1) is 14.2 Å². The van der Waals surface area contributed by atoms with E-state index in [-0.39, 0.29) is 20.6 Å². The molecule has 4 N–H and O–H groups in total. The number of benzene rings is 2. The molecule has 0 aliphatic heterocycles. The topological polar surface area (TPSA) is 87.6 Å². The van der Waals surface area contributed by atoms with E-state index in [1.807, 2.05) is 32.0 Å². The Morgan fingerprint density at radius 1 is 0.880 bits per heavy atom. The maximum atomic E-state index is 11.1. The Morgan fingerprint density at radius 2 is 1.40 bits per heavy atom. The highest BCUT2D eigenvalue weighted by Crippen LogP contribution is 2.26. The normalized spacial score (nSPS) is 8.84. The molecule has 0 saturated heterocycles. The van der Waals surface area contributed by atoms with E-state index in [0.29, 0.717) is 17.0 Å². The van der Waals surface area contributed by atoms with E-state index in [1.165, 1.54) is 6.92 Å². The monoisotopic (exact) mass is 348 g/mol. The molecular weight excluding hydrogens is 316 g/mol. The Morgan fingerprint density at radius 3 is 1.84 bits per heavy atom. The van der Waals surface area contributed by atoms with Crippen LogP contribution in [-0.2, 0) is 0 Å². The standard InChI is InChI=1S/C10H13NO2.C8H11NO.2CH4/c1-6-9(13-3)5-4-8(7(2)12)10(6)11;1-6-7(9)4-3-5-8(6)10-2;;/h4-5H,11H2,1-3H3;3-5H,9H2,1-2H3;2*1H4. The molecule has 25 heavy (non-hydrogen) atoms. The van der Waals surface area contributed by atoms with Gasteiger partial charge in [-0.2, -0.15) is 0 Å². The second-order valence-electron chi connectivity index (χ2n) is 5.08. The van der Waals surface area contributed by atoms with Gasteiger partial charge in [-0.1, -0.05) is 20.9 Å². The summed E-state index contributed by atoms with van der Waals surface area (Å²) in [5, 5.41) is 0. The average molecular weight is 348 g/mol. The van der Waals surface area contributed by atoms with Crippen LogP contribution in [0, 0.1) is 13.8 Å². The van der Waals surface area contributed by atoms with E-state index in [1.54, 1.807) is 26.4 Å². The van der Waals surface area contributed by atoms with Gasteiger partial charge in [-0.25, -0.2) is 0 Å². The molecule has 140 valence electrons. The molecule has 0 aliphatic rings. The van der Waals surface area contributed by atoms with Gasteiger partial charge in [0.25, 0.3) is 0 Å². The van der Waals surface area contributed by atoms with Crippen LogP contribution in [0.1, 0.15) is 43.3 Å². The summed E-state index contributed by atoms with van der Waals surface area (Å²) in [4.78, 5) is 11.1. The van der Waals surface area contributed by atoms with Gasteiger partial charge in [0, 0.05) is 28.1 Å². The summed E-state index contributed by atoms with van der Waals surface area (Å²) in [7, 11) is 3.22. The number of ketones is 1. The van der Waals surface area contributed by atoms with Crippen LogP contribution in [0.25, 0.3) is 0 Å². The van der Waals surface area contributed by atoms with E-state index in [0.717, 1.165) is 22.6 Å². The fourth-order valence-electron chi connectivity index (χ4n) is 2.09. The minimum absolute atomic E-state index is 0. The predicted molar refractivity (Wildman–Crippen MR) is 108 cm³/mol. The van der Waals surface area contributed by atoms with Gasteiger partial charge < -0.3 is 20.9 Å². The highest BCUT2D eigenvalue weighted by atomic mass is 16.5. The van der Waals surface area contributed by atoms with E-state index in [9.17, 15) is 4.79 Å². The summed E-state index contributed by atoms with van der Waals surface area (Å²) in [5.74, 6) is 1.53. The molecule has 0 spiro atoms. The number of methoxy groups -OCH3 is 2. The summed E-state index contributed by atoms with van der Waals surface area (Å²) in [6.07, 6.45) is 0. The van der Waals surface area contributed by atoms with Crippen molar-refractivity contribution in [1.29, 1.82) is 0 Å². The highest BCUT2D eigenvalue weighted by Gasteiger charge is 2.09. The number of hydrogen-bond acceptors (Lipinski definition) is 5. The first-order valence-electron chi connectivity index (χ1n) is 7.16. The second kappa shape index (κ2) is 11.0. The van der Waals surface area contributed by atoms with Crippen LogP contribution in [0.15, 0.2) is 30.3 Å². The molecule has 2 aromatic rings. The van der Waals surface area contributed by atoms with Crippen LogP contribution in [-0.4, -0.2) is 20.0 Å². The summed E-state index contributed by atoms with van der Waals surface area (Å²) >= 11 is 0. The summed E-state index contributed by atoms with van der Waals surface area (Å²) in [5.41, 5.74) is 15.0. The Balaban J connectivity index is 0. The van der Waals surface area contributed by atoms with E-state index in [4.69, 9.17) is 20.9 Å². The number of nitrogens with two attached hydrogens (primary N) is 2. The Labute approximate surface area is 151 Å². The van der Waals surface area contributed by atoms with Crippen molar-refractivity contribution >= 4 is 17.2 Å². The van der Waals surface area contributed by atoms with Crippen molar-refractivity contribution in [2.45, 2.75) is 35.6 Å². The summed E-state index contributed by atoms with van der Waals surface area (Å²) in [6, 6.07) is 9.07. The molecule has 0 heterocycles. The average Bonchev–Trinajstić information content (AvgIpc) is 2.53. The third-order valence-corrected chi connectivity index (χ3v) is 3.61. The molecule has 0 amide bonds. The molecule has 5 heteroatoms. The largest absolute Gasteiger partial charge is 0.496 e. The maximum absolute atomic E-state index is 11.1. The number of carbonyl (C=O) groups excluding carboxylic acids is 1. The minimum atomic E-state index is -0.0248. The number of nitrogen functional groups attached to an aromatic ring is 2. The van der Waals surface area contributed by atoms with Crippen LogP contribution < -0.4 is 20.9 Å². The molecule has 5 nitrogen and oxygen atoms in total. The lowest BCUT2D eigenvalue weighted by molar-refractivity contribution is 0.101. The number of ether oxygens (including phenoxy) is 2. The number of anilines is 2. The van der Waals surface area contributed by atoms with E-state index >= 15 is 0 Å². The first-order chi connectivity index (χ1) is 10.8. The quantitative estimate of drug-likeness (QED) is 0.623. The van der Waals surface area contributed by atoms with E-state index < -0.39 is 0 Å². The first-order valence-corrected chi connectivity index (χ1v) is 7.16. The van der Waals surface area contributed by atoms with Crippen molar-refractivity contribution in [1.82, 2.24) is 0 Å². The van der Waals surface area contributed by atoms with Crippen LogP contribution >= 0.6 is 0 Å². The number of carbonyl (C=O) groups is 1. The lowest BCUT2D eigenvalue weighted by Gasteiger charge is -2.09. The summed E-state index contributed by atoms with van der Waals surface area (Å²) in [6.45, 7) is 5.27. The number of Topliss-reactive ketones (excluding diaryl/α,β-unsaturated/α-hetero) is 1. The third kappa shape index (κ3) is 6.03. The molecule has 0 aromatic heterocycles. The van der Waals surface area contributed by atoms with Crippen LogP contribution in [0.2, 0.25) is 0 Å². The number of hydrogen-bond donors (Lipinski definition) is 2. The van der Waals surface area contributed by atoms with Gasteiger partial charge in [-0.05, 0) is 45.0 Å². The zero-order valence-corrected chi connectivity index (χ0v) is 14.3. The van der Waals surface area contributed by atoms with E-state index in [2.05, 4.69) is 0 Å². The molecule has 0 aliphatic carbocycles. The van der Waals surface area contributed by atoms with Gasteiger partial charge >= 0.3 is 0 Å².